The maximum Gasteiger partial charge on any atom is 0.335 e. The van der Waals surface area contributed by atoms with Gasteiger partial charge in [-0.3, -0.25) is 4.79 Å². The topological polar surface area (TPSA) is 66.4 Å². The van der Waals surface area contributed by atoms with Crippen molar-refractivity contribution in [2.45, 2.75) is 6.92 Å². The molecule has 0 saturated heterocycles. The number of aromatic carboxylic acids is 1. The van der Waals surface area contributed by atoms with E-state index < -0.39 is 5.97 Å². The standard InChI is InChI=1S/C15H11BrClNO3/c1-8-2-3-9(6-13(8)16)14(19)18-12-5-10(15(20)21)4-11(17)7-12/h2-7H,1H3,(H,18,19)(H,20,21). The van der Waals surface area contributed by atoms with Crippen molar-refractivity contribution < 1.29 is 14.7 Å². The summed E-state index contributed by atoms with van der Waals surface area (Å²) in [7, 11) is 0. The summed E-state index contributed by atoms with van der Waals surface area (Å²) in [4.78, 5) is 23.1. The van der Waals surface area contributed by atoms with Crippen LogP contribution < -0.4 is 5.32 Å². The number of carboxylic acid groups (broad SMARTS) is 1. The van der Waals surface area contributed by atoms with E-state index in [1.807, 2.05) is 13.0 Å². The molecule has 0 aliphatic carbocycles. The van der Waals surface area contributed by atoms with E-state index in [0.29, 0.717) is 11.3 Å². The molecule has 4 nitrogen and oxygen atoms in total. The molecule has 2 N–H and O–H groups in total. The van der Waals surface area contributed by atoms with Crippen molar-refractivity contribution in [3.8, 4) is 0 Å². The number of carbonyl (C=O) groups excluding carboxylic acids is 1. The first kappa shape index (κ1) is 15.5. The molecule has 0 saturated carbocycles. The number of nitrogens with one attached hydrogen (secondary N) is 1. The van der Waals surface area contributed by atoms with Crippen LogP contribution in [-0.2, 0) is 0 Å². The average Bonchev–Trinajstić information content (AvgIpc) is 2.41. The predicted molar refractivity (Wildman–Crippen MR) is 85.2 cm³/mol. The van der Waals surface area contributed by atoms with Gasteiger partial charge in [0, 0.05) is 20.7 Å². The molecule has 6 heteroatoms. The number of carboxylic acids is 1. The minimum absolute atomic E-state index is 0.0166. The van der Waals surface area contributed by atoms with Crippen LogP contribution in [0.3, 0.4) is 0 Å². The van der Waals surface area contributed by atoms with Crippen molar-refractivity contribution in [2.75, 3.05) is 5.32 Å². The number of rotatable bonds is 3. The summed E-state index contributed by atoms with van der Waals surface area (Å²) in [6, 6.07) is 9.39. The van der Waals surface area contributed by atoms with Crippen LogP contribution in [-0.4, -0.2) is 17.0 Å². The summed E-state index contributed by atoms with van der Waals surface area (Å²) in [5, 5.41) is 11.9. The Kier molecular flexibility index (Phi) is 4.65. The smallest absolute Gasteiger partial charge is 0.335 e. The average molecular weight is 369 g/mol. The highest BCUT2D eigenvalue weighted by Gasteiger charge is 2.11. The van der Waals surface area contributed by atoms with Crippen molar-refractivity contribution in [2.24, 2.45) is 0 Å². The summed E-state index contributed by atoms with van der Waals surface area (Å²) >= 11 is 9.21. The number of halogens is 2. The zero-order valence-corrected chi connectivity index (χ0v) is 13.3. The van der Waals surface area contributed by atoms with Crippen LogP contribution in [0.25, 0.3) is 0 Å². The molecule has 2 aromatic rings. The molecule has 1 amide bonds. The van der Waals surface area contributed by atoms with Crippen molar-refractivity contribution in [1.82, 2.24) is 0 Å². The van der Waals surface area contributed by atoms with Crippen LogP contribution >= 0.6 is 27.5 Å². The molecule has 2 aromatic carbocycles. The Balaban J connectivity index is 2.27. The van der Waals surface area contributed by atoms with E-state index in [4.69, 9.17) is 16.7 Å². The fraction of sp³-hybridized carbons (Fsp3) is 0.0667. The molecule has 0 bridgehead atoms. The van der Waals surface area contributed by atoms with Gasteiger partial charge in [-0.25, -0.2) is 4.79 Å². The molecule has 0 atom stereocenters. The molecule has 108 valence electrons. The van der Waals surface area contributed by atoms with Crippen LogP contribution in [0.1, 0.15) is 26.3 Å². The van der Waals surface area contributed by atoms with Gasteiger partial charge in [0.05, 0.1) is 5.56 Å². The summed E-state index contributed by atoms with van der Waals surface area (Å²) in [6.45, 7) is 1.92. The van der Waals surface area contributed by atoms with Gasteiger partial charge < -0.3 is 10.4 Å². The number of anilines is 1. The van der Waals surface area contributed by atoms with Gasteiger partial charge in [0.25, 0.3) is 5.91 Å². The summed E-state index contributed by atoms with van der Waals surface area (Å²) in [6.07, 6.45) is 0. The largest absolute Gasteiger partial charge is 0.478 e. The Morgan fingerprint density at radius 2 is 1.86 bits per heavy atom. The Morgan fingerprint density at radius 1 is 1.14 bits per heavy atom. The lowest BCUT2D eigenvalue weighted by molar-refractivity contribution is 0.0696. The molecule has 0 spiro atoms. The van der Waals surface area contributed by atoms with Gasteiger partial charge in [-0.05, 0) is 42.8 Å². The lowest BCUT2D eigenvalue weighted by Crippen LogP contribution is -2.12. The first-order valence-electron chi connectivity index (χ1n) is 5.98. The van der Waals surface area contributed by atoms with Gasteiger partial charge in [0.15, 0.2) is 0 Å². The summed E-state index contributed by atoms with van der Waals surface area (Å²) in [5.41, 5.74) is 1.83. The van der Waals surface area contributed by atoms with E-state index in [-0.39, 0.29) is 16.5 Å². The van der Waals surface area contributed by atoms with Crippen LogP contribution in [0.15, 0.2) is 40.9 Å². The molecule has 0 fully saturated rings. The van der Waals surface area contributed by atoms with Crippen LogP contribution in [0, 0.1) is 6.92 Å². The SMILES string of the molecule is Cc1ccc(C(=O)Nc2cc(Cl)cc(C(=O)O)c2)cc1Br. The number of hydrogen-bond donors (Lipinski definition) is 2. The molecule has 0 aliphatic heterocycles. The first-order valence-corrected chi connectivity index (χ1v) is 7.15. The Morgan fingerprint density at radius 3 is 2.48 bits per heavy atom. The lowest BCUT2D eigenvalue weighted by atomic mass is 10.1. The highest BCUT2D eigenvalue weighted by atomic mass is 79.9. The van der Waals surface area contributed by atoms with Crippen molar-refractivity contribution in [3.63, 3.8) is 0 Å². The molecular formula is C15H11BrClNO3. The Bertz CT molecular complexity index is 731. The van der Waals surface area contributed by atoms with Crippen LogP contribution in [0.2, 0.25) is 5.02 Å². The van der Waals surface area contributed by atoms with Crippen LogP contribution in [0.4, 0.5) is 5.69 Å². The van der Waals surface area contributed by atoms with Crippen molar-refractivity contribution >= 4 is 45.1 Å². The highest BCUT2D eigenvalue weighted by Crippen LogP contribution is 2.21. The molecule has 21 heavy (non-hydrogen) atoms. The summed E-state index contributed by atoms with van der Waals surface area (Å²) in [5.74, 6) is -1.44. The number of carbonyl (C=O) groups is 2. The third-order valence-corrected chi connectivity index (χ3v) is 3.91. The minimum Gasteiger partial charge on any atom is -0.478 e. The second kappa shape index (κ2) is 6.28. The molecule has 0 unspecified atom stereocenters. The van der Waals surface area contributed by atoms with E-state index in [1.54, 1.807) is 12.1 Å². The van der Waals surface area contributed by atoms with Gasteiger partial charge >= 0.3 is 5.97 Å². The number of amides is 1. The number of hydrogen-bond acceptors (Lipinski definition) is 2. The molecule has 2 rings (SSSR count). The van der Waals surface area contributed by atoms with Gasteiger partial charge in [-0.2, -0.15) is 0 Å². The predicted octanol–water partition coefficient (Wildman–Crippen LogP) is 4.36. The lowest BCUT2D eigenvalue weighted by Gasteiger charge is -2.08. The number of benzene rings is 2. The minimum atomic E-state index is -1.11. The third kappa shape index (κ3) is 3.83. The summed E-state index contributed by atoms with van der Waals surface area (Å²) < 4.78 is 0.826. The molecule has 0 radical (unpaired) electrons. The normalized spacial score (nSPS) is 10.2. The van der Waals surface area contributed by atoms with Gasteiger partial charge in [0.1, 0.15) is 0 Å². The van der Waals surface area contributed by atoms with E-state index >= 15 is 0 Å². The second-order valence-electron chi connectivity index (χ2n) is 4.45. The number of aryl methyl sites for hydroxylation is 1. The second-order valence-corrected chi connectivity index (χ2v) is 5.74. The molecule has 0 aliphatic rings. The van der Waals surface area contributed by atoms with E-state index in [1.165, 1.54) is 18.2 Å². The van der Waals surface area contributed by atoms with E-state index in [2.05, 4.69) is 21.2 Å². The molecule has 0 heterocycles. The van der Waals surface area contributed by atoms with Gasteiger partial charge in [0.2, 0.25) is 0 Å². The van der Waals surface area contributed by atoms with Gasteiger partial charge in [-0.1, -0.05) is 33.6 Å². The Labute approximate surface area is 134 Å². The fourth-order valence-electron chi connectivity index (χ4n) is 1.72. The highest BCUT2D eigenvalue weighted by molar-refractivity contribution is 9.10. The van der Waals surface area contributed by atoms with Crippen molar-refractivity contribution in [1.29, 1.82) is 0 Å². The van der Waals surface area contributed by atoms with E-state index in [9.17, 15) is 9.59 Å². The zero-order chi connectivity index (χ0) is 15.6. The molecule has 0 aromatic heterocycles. The monoisotopic (exact) mass is 367 g/mol. The third-order valence-electron chi connectivity index (χ3n) is 2.84. The van der Waals surface area contributed by atoms with E-state index in [0.717, 1.165) is 10.0 Å². The maximum atomic E-state index is 12.1. The molecular weight excluding hydrogens is 358 g/mol. The zero-order valence-electron chi connectivity index (χ0n) is 11.0. The Hall–Kier alpha value is -1.85. The van der Waals surface area contributed by atoms with Crippen molar-refractivity contribution in [3.05, 3.63) is 62.6 Å². The van der Waals surface area contributed by atoms with Gasteiger partial charge in [-0.15, -0.1) is 0 Å². The first-order chi connectivity index (χ1) is 9.86. The maximum absolute atomic E-state index is 12.1. The fourth-order valence-corrected chi connectivity index (χ4v) is 2.34. The van der Waals surface area contributed by atoms with Crippen LogP contribution in [0.5, 0.6) is 0 Å². The quantitative estimate of drug-likeness (QED) is 0.846.